The fraction of sp³-hybridized carbons (Fsp3) is 0.474. The maximum Gasteiger partial charge on any atom is 0.305 e. The smallest absolute Gasteiger partial charge is 0.305 e. The highest BCUT2D eigenvalue weighted by Crippen LogP contribution is 2.34. The first-order valence-corrected chi connectivity index (χ1v) is 9.50. The van der Waals surface area contributed by atoms with Crippen LogP contribution in [0.1, 0.15) is 34.5 Å². The number of carbonyl (C=O) groups is 2. The van der Waals surface area contributed by atoms with Crippen molar-refractivity contribution in [2.45, 2.75) is 32.2 Å². The van der Waals surface area contributed by atoms with Crippen LogP contribution >= 0.6 is 11.3 Å². The molecule has 3 rings (SSSR count). The molecule has 7 heteroatoms. The molecule has 1 aliphatic rings. The van der Waals surface area contributed by atoms with Crippen LogP contribution in [0.4, 0.5) is 0 Å². The second kappa shape index (κ2) is 8.05. The summed E-state index contributed by atoms with van der Waals surface area (Å²) in [6, 6.07) is 5.80. The zero-order chi connectivity index (χ0) is 18.7. The third-order valence-electron chi connectivity index (χ3n) is 4.80. The van der Waals surface area contributed by atoms with Crippen molar-refractivity contribution < 1.29 is 24.2 Å². The number of nitrogens with zero attached hydrogens (tertiary/aromatic N) is 1. The molecule has 0 spiro atoms. The minimum Gasteiger partial charge on any atom is -0.497 e. The number of benzene rings is 1. The molecule has 6 nitrogen and oxygen atoms in total. The average molecular weight is 377 g/mol. The molecule has 2 heterocycles. The summed E-state index contributed by atoms with van der Waals surface area (Å²) >= 11 is 1.45. The lowest BCUT2D eigenvalue weighted by atomic mass is 10.1. The summed E-state index contributed by atoms with van der Waals surface area (Å²) in [5.74, 6) is -0.229. The molecule has 0 unspecified atom stereocenters. The second-order valence-corrected chi connectivity index (χ2v) is 7.46. The number of hydrogen-bond acceptors (Lipinski definition) is 5. The molecular weight excluding hydrogens is 354 g/mol. The van der Waals surface area contributed by atoms with E-state index in [4.69, 9.17) is 14.6 Å². The molecular formula is C19H23NO5S. The van der Waals surface area contributed by atoms with Crippen molar-refractivity contribution in [3.8, 4) is 5.75 Å². The minimum atomic E-state index is -0.896. The topological polar surface area (TPSA) is 76.1 Å². The van der Waals surface area contributed by atoms with Crippen LogP contribution in [0, 0.1) is 6.92 Å². The molecule has 1 saturated heterocycles. The number of aryl methyl sites for hydroxylation is 1. The molecule has 1 N–H and O–H groups in total. The molecule has 2 aromatic rings. The quantitative estimate of drug-likeness (QED) is 0.836. The van der Waals surface area contributed by atoms with Crippen LogP contribution in [0.2, 0.25) is 0 Å². The van der Waals surface area contributed by atoms with Gasteiger partial charge in [0, 0.05) is 30.5 Å². The zero-order valence-electron chi connectivity index (χ0n) is 15.0. The fourth-order valence-electron chi connectivity index (χ4n) is 3.32. The summed E-state index contributed by atoms with van der Waals surface area (Å²) in [7, 11) is 1.62. The number of fused-ring (bicyclic) bond motifs is 1. The molecule has 0 saturated carbocycles. The summed E-state index contributed by atoms with van der Waals surface area (Å²) in [5, 5.41) is 10.1. The van der Waals surface area contributed by atoms with Gasteiger partial charge in [0.1, 0.15) is 5.75 Å². The molecule has 1 fully saturated rings. The molecule has 1 aromatic carbocycles. The Morgan fingerprint density at radius 1 is 1.35 bits per heavy atom. The highest BCUT2D eigenvalue weighted by Gasteiger charge is 2.29. The molecule has 0 bridgehead atoms. The van der Waals surface area contributed by atoms with Crippen LogP contribution in [0.25, 0.3) is 10.1 Å². The second-order valence-electron chi connectivity index (χ2n) is 6.40. The van der Waals surface area contributed by atoms with Gasteiger partial charge in [-0.3, -0.25) is 9.59 Å². The van der Waals surface area contributed by atoms with Crippen molar-refractivity contribution in [1.82, 2.24) is 4.90 Å². The lowest BCUT2D eigenvalue weighted by Crippen LogP contribution is -2.44. The molecule has 1 aromatic heterocycles. The molecule has 1 aliphatic heterocycles. The van der Waals surface area contributed by atoms with E-state index >= 15 is 0 Å². The fourth-order valence-corrected chi connectivity index (χ4v) is 4.47. The van der Waals surface area contributed by atoms with Gasteiger partial charge in [0.2, 0.25) is 0 Å². The van der Waals surface area contributed by atoms with Gasteiger partial charge >= 0.3 is 5.97 Å². The van der Waals surface area contributed by atoms with Crippen molar-refractivity contribution in [3.63, 3.8) is 0 Å². The lowest BCUT2D eigenvalue weighted by Gasteiger charge is -2.34. The highest BCUT2D eigenvalue weighted by atomic mass is 32.1. The minimum absolute atomic E-state index is 0.0229. The number of carboxylic acid groups (broad SMARTS) is 1. The van der Waals surface area contributed by atoms with Gasteiger partial charge in [-0.25, -0.2) is 0 Å². The Labute approximate surface area is 156 Å². The summed E-state index contributed by atoms with van der Waals surface area (Å²) in [4.78, 5) is 26.7. The Morgan fingerprint density at radius 3 is 2.73 bits per heavy atom. The average Bonchev–Trinajstić information content (AvgIpc) is 2.98. The van der Waals surface area contributed by atoms with Crippen LogP contribution in [0.5, 0.6) is 5.75 Å². The van der Waals surface area contributed by atoms with Crippen molar-refractivity contribution in [3.05, 3.63) is 28.6 Å². The van der Waals surface area contributed by atoms with Crippen molar-refractivity contribution in [1.29, 1.82) is 0 Å². The first-order chi connectivity index (χ1) is 12.5. The number of hydrogen-bond donors (Lipinski definition) is 1. The van der Waals surface area contributed by atoms with E-state index in [-0.39, 0.29) is 24.9 Å². The van der Waals surface area contributed by atoms with Gasteiger partial charge in [-0.2, -0.15) is 0 Å². The predicted octanol–water partition coefficient (Wildman–Crippen LogP) is 3.31. The molecule has 1 amide bonds. The van der Waals surface area contributed by atoms with Gasteiger partial charge in [0.15, 0.2) is 0 Å². The van der Waals surface area contributed by atoms with Gasteiger partial charge in [-0.15, -0.1) is 11.3 Å². The Balaban J connectivity index is 1.93. The molecule has 0 aliphatic carbocycles. The first-order valence-electron chi connectivity index (χ1n) is 8.69. The third kappa shape index (κ3) is 3.83. The number of amides is 1. The molecule has 26 heavy (non-hydrogen) atoms. The van der Waals surface area contributed by atoms with Gasteiger partial charge in [-0.05, 0) is 48.9 Å². The zero-order valence-corrected chi connectivity index (χ0v) is 15.8. The van der Waals surface area contributed by atoms with Crippen LogP contribution in [-0.2, 0) is 9.53 Å². The van der Waals surface area contributed by atoms with Crippen molar-refractivity contribution in [2.75, 3.05) is 26.9 Å². The Kier molecular flexibility index (Phi) is 5.78. The van der Waals surface area contributed by atoms with Crippen LogP contribution in [0.15, 0.2) is 18.2 Å². The normalized spacial score (nSPS) is 15.2. The summed E-state index contributed by atoms with van der Waals surface area (Å²) < 4.78 is 11.7. The highest BCUT2D eigenvalue weighted by molar-refractivity contribution is 7.21. The van der Waals surface area contributed by atoms with Gasteiger partial charge < -0.3 is 19.5 Å². The SMILES string of the molecule is COc1ccc2sc(C(=O)N(CCC(=O)O)C3CCOCC3)c(C)c2c1. The molecule has 0 atom stereocenters. The summed E-state index contributed by atoms with van der Waals surface area (Å²) in [5.41, 5.74) is 0.918. The van der Waals surface area contributed by atoms with Crippen LogP contribution in [0.3, 0.4) is 0 Å². The van der Waals surface area contributed by atoms with Gasteiger partial charge in [0.25, 0.3) is 5.91 Å². The van der Waals surface area contributed by atoms with E-state index in [0.29, 0.717) is 18.1 Å². The lowest BCUT2D eigenvalue weighted by molar-refractivity contribution is -0.137. The number of methoxy groups -OCH3 is 1. The predicted molar refractivity (Wildman–Crippen MR) is 100 cm³/mol. The Bertz CT molecular complexity index is 810. The van der Waals surface area contributed by atoms with Crippen molar-refractivity contribution >= 4 is 33.3 Å². The number of rotatable bonds is 6. The number of aliphatic carboxylic acids is 1. The standard InChI is InChI=1S/C19H23NO5S/c1-12-15-11-14(24-2)3-4-16(15)26-18(12)19(23)20(8-5-17(21)22)13-6-9-25-10-7-13/h3-4,11,13H,5-10H2,1-2H3,(H,21,22). The Hall–Kier alpha value is -2.12. The maximum absolute atomic E-state index is 13.3. The third-order valence-corrected chi connectivity index (χ3v) is 6.06. The van der Waals surface area contributed by atoms with E-state index in [9.17, 15) is 9.59 Å². The number of ether oxygens (including phenoxy) is 2. The van der Waals surface area contributed by atoms with Gasteiger partial charge in [0.05, 0.1) is 18.4 Å². The Morgan fingerprint density at radius 2 is 2.08 bits per heavy atom. The van der Waals surface area contributed by atoms with Crippen LogP contribution in [-0.4, -0.2) is 54.8 Å². The number of carboxylic acids is 1. The summed E-state index contributed by atoms with van der Waals surface area (Å²) in [6.45, 7) is 3.36. The number of carbonyl (C=O) groups excluding carboxylic acids is 1. The van der Waals surface area contributed by atoms with E-state index in [1.165, 1.54) is 11.3 Å². The monoisotopic (exact) mass is 377 g/mol. The summed E-state index contributed by atoms with van der Waals surface area (Å²) in [6.07, 6.45) is 1.42. The first kappa shape index (κ1) is 18.7. The van der Waals surface area contributed by atoms with E-state index < -0.39 is 5.97 Å². The van der Waals surface area contributed by atoms with Crippen molar-refractivity contribution in [2.24, 2.45) is 0 Å². The van der Waals surface area contributed by atoms with E-state index in [1.807, 2.05) is 25.1 Å². The molecule has 140 valence electrons. The van der Waals surface area contributed by atoms with E-state index in [0.717, 1.165) is 34.2 Å². The maximum atomic E-state index is 13.3. The van der Waals surface area contributed by atoms with E-state index in [1.54, 1.807) is 12.0 Å². The van der Waals surface area contributed by atoms with Crippen LogP contribution < -0.4 is 4.74 Å². The number of thiophene rings is 1. The van der Waals surface area contributed by atoms with E-state index in [2.05, 4.69) is 0 Å². The largest absolute Gasteiger partial charge is 0.497 e. The molecule has 0 radical (unpaired) electrons. The van der Waals surface area contributed by atoms with Gasteiger partial charge in [-0.1, -0.05) is 0 Å².